The second kappa shape index (κ2) is 32.5. The minimum absolute atomic E-state index is 0.00279. The highest BCUT2D eigenvalue weighted by Gasteiger charge is 2.45. The zero-order chi connectivity index (χ0) is 50.7. The van der Waals surface area contributed by atoms with Crippen molar-refractivity contribution in [2.75, 3.05) is 13.7 Å². The number of methoxy groups -OCH3 is 1. The van der Waals surface area contributed by atoms with Crippen LogP contribution >= 0.6 is 0 Å². The summed E-state index contributed by atoms with van der Waals surface area (Å²) in [6.45, 7) is 16.0. The number of carbonyl (C=O) groups is 8. The first-order valence-corrected chi connectivity index (χ1v) is 25.4. The van der Waals surface area contributed by atoms with Crippen molar-refractivity contribution in [1.82, 2.24) is 31.5 Å². The maximum Gasteiger partial charge on any atom is 0.328 e. The minimum Gasteiger partial charge on any atom is -0.467 e. The highest BCUT2D eigenvalue weighted by Crippen LogP contribution is 2.24. The van der Waals surface area contributed by atoms with Gasteiger partial charge in [0.2, 0.25) is 41.4 Å². The Balaban J connectivity index is 2.91. The third-order valence-electron chi connectivity index (χ3n) is 12.2. The van der Waals surface area contributed by atoms with E-state index >= 15 is 0 Å². The molecule has 1 fully saturated rings. The molecule has 0 spiro atoms. The predicted octanol–water partition coefficient (Wildman–Crippen LogP) is 5.23. The number of nitrogens with two attached hydrogens (primary N) is 1. The third-order valence-corrected chi connectivity index (χ3v) is 12.2. The molecule has 17 nitrogen and oxygen atoms in total. The molecule has 0 radical (unpaired) electrons. The van der Waals surface area contributed by atoms with Crippen LogP contribution in [0.25, 0.3) is 0 Å². The Labute approximate surface area is 402 Å². The molecule has 7 amide bonds. The zero-order valence-corrected chi connectivity index (χ0v) is 42.9. The number of carbonyl (C=O) groups excluding carboxylic acids is 8. The second-order valence-electron chi connectivity index (χ2n) is 20.4. The van der Waals surface area contributed by atoms with Crippen molar-refractivity contribution < 1.29 is 48.2 Å². The van der Waals surface area contributed by atoms with E-state index in [9.17, 15) is 43.5 Å². The fourth-order valence-corrected chi connectivity index (χ4v) is 8.44. The average molecular weight is 950 g/mol. The lowest BCUT2D eigenvalue weighted by molar-refractivity contribution is -0.146. The van der Waals surface area contributed by atoms with E-state index in [1.54, 1.807) is 27.7 Å². The lowest BCUT2D eigenvalue weighted by Gasteiger charge is -2.34. The molecule has 1 saturated heterocycles. The van der Waals surface area contributed by atoms with Crippen LogP contribution in [0.4, 0.5) is 0 Å². The van der Waals surface area contributed by atoms with Gasteiger partial charge in [-0.25, -0.2) is 4.79 Å². The summed E-state index contributed by atoms with van der Waals surface area (Å²) in [6, 6.07) is -5.83. The summed E-state index contributed by atoms with van der Waals surface area (Å²) in [5.41, 5.74) is 3.98. The van der Waals surface area contributed by atoms with Gasteiger partial charge < -0.3 is 47.1 Å². The van der Waals surface area contributed by atoms with Crippen LogP contribution in [-0.4, -0.2) is 113 Å². The van der Waals surface area contributed by atoms with Crippen LogP contribution < -0.4 is 32.3 Å². The van der Waals surface area contributed by atoms with E-state index in [0.717, 1.165) is 19.3 Å². The van der Waals surface area contributed by atoms with Gasteiger partial charge in [-0.15, -0.1) is 0 Å². The van der Waals surface area contributed by atoms with Gasteiger partial charge in [-0.2, -0.15) is 0 Å². The van der Waals surface area contributed by atoms with Crippen LogP contribution in [0.5, 0.6) is 0 Å². The van der Waals surface area contributed by atoms with Gasteiger partial charge in [-0.1, -0.05) is 138 Å². The number of aliphatic hydroxyl groups excluding tert-OH is 1. The molecule has 6 atom stereocenters. The molecular weight excluding hydrogens is 859 g/mol. The summed E-state index contributed by atoms with van der Waals surface area (Å²) in [4.78, 5) is 108. The first kappa shape index (κ1) is 60.7. The summed E-state index contributed by atoms with van der Waals surface area (Å²) in [6.07, 6.45) is 17.3. The molecule has 0 aliphatic carbocycles. The van der Waals surface area contributed by atoms with E-state index in [2.05, 4.69) is 33.5 Å². The summed E-state index contributed by atoms with van der Waals surface area (Å²) < 4.78 is 4.85. The molecule has 0 aromatic rings. The average Bonchev–Trinajstić information content (AvgIpc) is 3.64. The molecule has 1 aliphatic heterocycles. The van der Waals surface area contributed by atoms with Gasteiger partial charge in [-0.3, -0.25) is 33.6 Å². The van der Waals surface area contributed by atoms with Crippen molar-refractivity contribution in [2.24, 2.45) is 23.5 Å². The molecule has 0 aromatic heterocycles. The highest BCUT2D eigenvalue weighted by atomic mass is 16.5. The van der Waals surface area contributed by atoms with E-state index in [1.807, 2.05) is 27.7 Å². The SMILES string of the molecule is CCCCCCCCCCCCCCCCCC(=O)NC(C)(C)C(=O)N1C[C@@H](O)C[C@H]1C(=O)N[C@@H](CC(C)C)C(=O)N[C@H](C(=O)N[C@@H](CCC(N)=O)C(=O)N[C@@H](CC(C)C)C(=O)OC)C(C)C. The molecule has 0 aromatic carbocycles. The molecular formula is C50H91N7O10. The molecule has 17 heteroatoms. The lowest BCUT2D eigenvalue weighted by atomic mass is 9.98. The van der Waals surface area contributed by atoms with E-state index in [4.69, 9.17) is 10.5 Å². The van der Waals surface area contributed by atoms with Crippen LogP contribution in [0, 0.1) is 17.8 Å². The molecule has 8 N–H and O–H groups in total. The number of unbranched alkanes of at least 4 members (excludes halogenated alkanes) is 14. The van der Waals surface area contributed by atoms with Crippen molar-refractivity contribution in [3.05, 3.63) is 0 Å². The standard InChI is InChI=1S/C50H91N7O10/c1-11-12-13-14-15-16-17-18-19-20-21-22-23-24-25-26-42(60)56-50(8,9)49(66)57-32-36(58)31-40(57)46(63)53-38(29-33(2)3)45(62)55-43(35(6)7)47(64)52-37(27-28-41(51)59)44(61)54-39(30-34(4)5)48(65)67-10/h33-40,43,58H,11-32H2,1-10H3,(H2,51,59)(H,52,64)(H,53,63)(H,54,61)(H,55,62)(H,56,60)/t36-,37-,38-,39-,40-,43-/m0/s1. The van der Waals surface area contributed by atoms with E-state index in [0.29, 0.717) is 6.42 Å². The molecule has 386 valence electrons. The van der Waals surface area contributed by atoms with Crippen molar-refractivity contribution in [3.63, 3.8) is 0 Å². The van der Waals surface area contributed by atoms with Gasteiger partial charge in [0.15, 0.2) is 0 Å². The van der Waals surface area contributed by atoms with Gasteiger partial charge in [0.1, 0.15) is 35.7 Å². The third kappa shape index (κ3) is 24.5. The van der Waals surface area contributed by atoms with Gasteiger partial charge >= 0.3 is 5.97 Å². The largest absolute Gasteiger partial charge is 0.467 e. The number of β-amino-alcohol motifs (C(OH)–C–C–N with tert-alkyl or cyclic N) is 1. The lowest BCUT2D eigenvalue weighted by Crippen LogP contribution is -2.61. The monoisotopic (exact) mass is 950 g/mol. The van der Waals surface area contributed by atoms with Crippen LogP contribution in [0.1, 0.15) is 197 Å². The normalized spacial score (nSPS) is 16.8. The maximum absolute atomic E-state index is 14.0. The van der Waals surface area contributed by atoms with Gasteiger partial charge in [0, 0.05) is 25.8 Å². The fraction of sp³-hybridized carbons (Fsp3) is 0.840. The molecule has 0 unspecified atom stereocenters. The topological polar surface area (TPSA) is 255 Å². The van der Waals surface area contributed by atoms with Crippen LogP contribution in [0.15, 0.2) is 0 Å². The number of amides is 7. The number of esters is 1. The van der Waals surface area contributed by atoms with Gasteiger partial charge in [0.05, 0.1) is 13.2 Å². The van der Waals surface area contributed by atoms with Crippen molar-refractivity contribution >= 4 is 47.3 Å². The van der Waals surface area contributed by atoms with E-state index < -0.39 is 89.2 Å². The molecule has 0 saturated carbocycles. The van der Waals surface area contributed by atoms with E-state index in [-0.39, 0.29) is 62.8 Å². The Morgan fingerprint density at radius 3 is 1.61 bits per heavy atom. The fourth-order valence-electron chi connectivity index (χ4n) is 8.44. The number of primary amides is 1. The second-order valence-corrected chi connectivity index (χ2v) is 20.4. The summed E-state index contributed by atoms with van der Waals surface area (Å²) in [5.74, 6) is -5.71. The van der Waals surface area contributed by atoms with Crippen LogP contribution in [0.2, 0.25) is 0 Å². The van der Waals surface area contributed by atoms with E-state index in [1.165, 1.54) is 82.6 Å². The number of ether oxygens (including phenoxy) is 1. The quantitative estimate of drug-likeness (QED) is 0.0322. The molecule has 0 bridgehead atoms. The number of aliphatic hydroxyl groups is 1. The first-order chi connectivity index (χ1) is 31.5. The minimum atomic E-state index is -1.39. The number of hydrogen-bond acceptors (Lipinski definition) is 10. The van der Waals surface area contributed by atoms with Crippen molar-refractivity contribution in [1.29, 1.82) is 0 Å². The first-order valence-electron chi connectivity index (χ1n) is 25.4. The van der Waals surface area contributed by atoms with Gasteiger partial charge in [0.25, 0.3) is 0 Å². The number of nitrogens with zero attached hydrogens (tertiary/aromatic N) is 1. The Kier molecular flexibility index (Phi) is 29.4. The maximum atomic E-state index is 14.0. The molecule has 1 rings (SSSR count). The summed E-state index contributed by atoms with van der Waals surface area (Å²) in [7, 11) is 1.19. The number of hydrogen-bond donors (Lipinski definition) is 7. The molecule has 1 aliphatic rings. The number of rotatable bonds is 35. The number of nitrogens with one attached hydrogen (secondary N) is 5. The van der Waals surface area contributed by atoms with Crippen molar-refractivity contribution in [3.8, 4) is 0 Å². The molecule has 1 heterocycles. The predicted molar refractivity (Wildman–Crippen MR) is 260 cm³/mol. The Bertz CT molecular complexity index is 1550. The number of likely N-dealkylation sites (tertiary alicyclic amines) is 1. The summed E-state index contributed by atoms with van der Waals surface area (Å²) in [5, 5.41) is 24.2. The smallest absolute Gasteiger partial charge is 0.328 e. The van der Waals surface area contributed by atoms with Crippen LogP contribution in [0.3, 0.4) is 0 Å². The van der Waals surface area contributed by atoms with Gasteiger partial charge in [-0.05, 0) is 57.3 Å². The Morgan fingerprint density at radius 1 is 0.657 bits per heavy atom. The molecule has 67 heavy (non-hydrogen) atoms. The Morgan fingerprint density at radius 2 is 1.13 bits per heavy atom. The highest BCUT2D eigenvalue weighted by molar-refractivity contribution is 5.98. The zero-order valence-electron chi connectivity index (χ0n) is 42.9. The van der Waals surface area contributed by atoms with Crippen LogP contribution in [-0.2, 0) is 43.1 Å². The van der Waals surface area contributed by atoms with Crippen molar-refractivity contribution in [2.45, 2.75) is 239 Å². The summed E-state index contributed by atoms with van der Waals surface area (Å²) >= 11 is 0. The Hall–Kier alpha value is -4.28.